The number of hydrogen-bond acceptors (Lipinski definition) is 4. The van der Waals surface area contributed by atoms with Crippen LogP contribution < -0.4 is 5.73 Å². The highest BCUT2D eigenvalue weighted by atomic mass is 35.5. The molecule has 0 aliphatic heterocycles. The fourth-order valence-corrected chi connectivity index (χ4v) is 2.97. The predicted octanol–water partition coefficient (Wildman–Crippen LogP) is 3.12. The van der Waals surface area contributed by atoms with Gasteiger partial charge in [-0.3, -0.25) is 0 Å². The van der Waals surface area contributed by atoms with Gasteiger partial charge in [0.05, 0.1) is 0 Å². The van der Waals surface area contributed by atoms with Crippen molar-refractivity contribution in [3.63, 3.8) is 0 Å². The van der Waals surface area contributed by atoms with Gasteiger partial charge in [0.2, 0.25) is 5.89 Å². The minimum atomic E-state index is -0.355. The summed E-state index contributed by atoms with van der Waals surface area (Å²) >= 11 is 6.00. The lowest BCUT2D eigenvalue weighted by atomic mass is 9.67. The minimum Gasteiger partial charge on any atom is -0.339 e. The third-order valence-electron chi connectivity index (χ3n) is 4.28. The van der Waals surface area contributed by atoms with Crippen LogP contribution >= 0.6 is 11.6 Å². The molecule has 2 aromatic rings. The SMILES string of the molecule is NCC1(Cc2nc(Cc3c(F)cccc3Cl)no2)CCC1. The molecule has 0 spiro atoms. The minimum absolute atomic E-state index is 0.111. The molecule has 21 heavy (non-hydrogen) atoms. The summed E-state index contributed by atoms with van der Waals surface area (Å²) in [5, 5.41) is 4.29. The highest BCUT2D eigenvalue weighted by Gasteiger charge is 2.37. The quantitative estimate of drug-likeness (QED) is 0.921. The molecular weight excluding hydrogens is 293 g/mol. The number of rotatable bonds is 5. The summed E-state index contributed by atoms with van der Waals surface area (Å²) in [6, 6.07) is 4.60. The van der Waals surface area contributed by atoms with Crippen LogP contribution in [0.1, 0.15) is 36.5 Å². The molecule has 1 aromatic heterocycles. The average molecular weight is 310 g/mol. The summed E-state index contributed by atoms with van der Waals surface area (Å²) < 4.78 is 19.0. The fourth-order valence-electron chi connectivity index (χ4n) is 2.74. The van der Waals surface area contributed by atoms with Crippen molar-refractivity contribution in [2.24, 2.45) is 11.1 Å². The summed E-state index contributed by atoms with van der Waals surface area (Å²) in [5.41, 5.74) is 6.33. The molecule has 4 nitrogen and oxygen atoms in total. The molecule has 6 heteroatoms. The molecule has 1 heterocycles. The number of nitrogens with two attached hydrogens (primary N) is 1. The third-order valence-corrected chi connectivity index (χ3v) is 4.63. The predicted molar refractivity (Wildman–Crippen MR) is 77.6 cm³/mol. The van der Waals surface area contributed by atoms with Crippen molar-refractivity contribution in [3.8, 4) is 0 Å². The molecule has 0 saturated heterocycles. The van der Waals surface area contributed by atoms with E-state index < -0.39 is 0 Å². The van der Waals surface area contributed by atoms with Crippen LogP contribution in [0.3, 0.4) is 0 Å². The Balaban J connectivity index is 1.73. The third kappa shape index (κ3) is 2.94. The molecule has 1 saturated carbocycles. The highest BCUT2D eigenvalue weighted by Crippen LogP contribution is 2.42. The van der Waals surface area contributed by atoms with Gasteiger partial charge >= 0.3 is 0 Å². The Morgan fingerprint density at radius 3 is 2.81 bits per heavy atom. The first-order chi connectivity index (χ1) is 10.1. The van der Waals surface area contributed by atoms with E-state index in [4.69, 9.17) is 21.9 Å². The van der Waals surface area contributed by atoms with Crippen molar-refractivity contribution in [2.75, 3.05) is 6.54 Å². The molecule has 1 aromatic carbocycles. The van der Waals surface area contributed by atoms with Crippen molar-refractivity contribution in [2.45, 2.75) is 32.1 Å². The molecule has 2 N–H and O–H groups in total. The first-order valence-electron chi connectivity index (χ1n) is 7.06. The van der Waals surface area contributed by atoms with E-state index in [1.807, 2.05) is 0 Å². The second-order valence-electron chi connectivity index (χ2n) is 5.72. The Bertz CT molecular complexity index is 614. The van der Waals surface area contributed by atoms with Gasteiger partial charge in [-0.25, -0.2) is 4.39 Å². The average Bonchev–Trinajstić information content (AvgIpc) is 2.86. The lowest BCUT2D eigenvalue weighted by Gasteiger charge is -2.39. The lowest BCUT2D eigenvalue weighted by Crippen LogP contribution is -2.39. The number of nitrogens with zero attached hydrogens (tertiary/aromatic N) is 2. The van der Waals surface area contributed by atoms with E-state index in [2.05, 4.69) is 10.1 Å². The van der Waals surface area contributed by atoms with Crippen molar-refractivity contribution < 1.29 is 8.91 Å². The van der Waals surface area contributed by atoms with Gasteiger partial charge in [-0.05, 0) is 36.9 Å². The van der Waals surface area contributed by atoms with E-state index in [-0.39, 0.29) is 17.7 Å². The van der Waals surface area contributed by atoms with E-state index in [1.54, 1.807) is 12.1 Å². The van der Waals surface area contributed by atoms with Crippen molar-refractivity contribution in [1.82, 2.24) is 10.1 Å². The van der Waals surface area contributed by atoms with E-state index in [0.29, 0.717) is 35.3 Å². The second-order valence-corrected chi connectivity index (χ2v) is 6.12. The van der Waals surface area contributed by atoms with Crippen LogP contribution in [-0.4, -0.2) is 16.7 Å². The summed E-state index contributed by atoms with van der Waals surface area (Å²) in [5.74, 6) is 0.664. The van der Waals surface area contributed by atoms with Crippen LogP contribution in [0.5, 0.6) is 0 Å². The summed E-state index contributed by atoms with van der Waals surface area (Å²) in [6.07, 6.45) is 4.32. The monoisotopic (exact) mass is 309 g/mol. The summed E-state index contributed by atoms with van der Waals surface area (Å²) in [4.78, 5) is 4.34. The standard InChI is InChI=1S/C15H17ClFN3O/c16-11-3-1-4-12(17)10(11)7-13-19-14(21-20-13)8-15(9-18)5-2-6-15/h1,3-4H,2,5-9,18H2. The first-order valence-corrected chi connectivity index (χ1v) is 7.44. The Morgan fingerprint density at radius 2 is 2.19 bits per heavy atom. The molecule has 0 amide bonds. The molecule has 0 radical (unpaired) electrons. The van der Waals surface area contributed by atoms with Gasteiger partial charge in [0.15, 0.2) is 5.82 Å². The number of aromatic nitrogens is 2. The molecule has 112 valence electrons. The van der Waals surface area contributed by atoms with Crippen LogP contribution in [-0.2, 0) is 12.8 Å². The van der Waals surface area contributed by atoms with Gasteiger partial charge in [0.1, 0.15) is 5.82 Å². The maximum absolute atomic E-state index is 13.7. The zero-order chi connectivity index (χ0) is 14.9. The van der Waals surface area contributed by atoms with Crippen LogP contribution in [0, 0.1) is 11.2 Å². The zero-order valence-electron chi connectivity index (χ0n) is 11.6. The van der Waals surface area contributed by atoms with Crippen molar-refractivity contribution in [3.05, 3.63) is 46.3 Å². The van der Waals surface area contributed by atoms with Crippen LogP contribution in [0.15, 0.2) is 22.7 Å². The molecule has 1 aliphatic carbocycles. The van der Waals surface area contributed by atoms with E-state index in [9.17, 15) is 4.39 Å². The summed E-state index contributed by atoms with van der Waals surface area (Å²) in [6.45, 7) is 0.629. The molecule has 1 fully saturated rings. The maximum atomic E-state index is 13.7. The van der Waals surface area contributed by atoms with E-state index in [0.717, 1.165) is 12.8 Å². The van der Waals surface area contributed by atoms with Crippen LogP contribution in [0.25, 0.3) is 0 Å². The van der Waals surface area contributed by atoms with Gasteiger partial charge in [0, 0.05) is 23.4 Å². The topological polar surface area (TPSA) is 64.9 Å². The summed E-state index contributed by atoms with van der Waals surface area (Å²) in [7, 11) is 0. The van der Waals surface area contributed by atoms with E-state index >= 15 is 0 Å². The van der Waals surface area contributed by atoms with Crippen molar-refractivity contribution >= 4 is 11.6 Å². The molecule has 0 unspecified atom stereocenters. The molecule has 3 rings (SSSR count). The Hall–Kier alpha value is -1.46. The zero-order valence-corrected chi connectivity index (χ0v) is 12.4. The van der Waals surface area contributed by atoms with Crippen LogP contribution in [0.2, 0.25) is 5.02 Å². The molecule has 0 bridgehead atoms. The Labute approximate surface area is 127 Å². The molecule has 0 atom stereocenters. The second kappa shape index (κ2) is 5.73. The largest absolute Gasteiger partial charge is 0.339 e. The fraction of sp³-hybridized carbons (Fsp3) is 0.467. The van der Waals surface area contributed by atoms with Crippen LogP contribution in [0.4, 0.5) is 4.39 Å². The number of benzene rings is 1. The number of hydrogen-bond donors (Lipinski definition) is 1. The molecule has 1 aliphatic rings. The Kier molecular flexibility index (Phi) is 3.95. The maximum Gasteiger partial charge on any atom is 0.227 e. The van der Waals surface area contributed by atoms with E-state index in [1.165, 1.54) is 12.5 Å². The number of halogens is 2. The Morgan fingerprint density at radius 1 is 1.38 bits per heavy atom. The van der Waals surface area contributed by atoms with Gasteiger partial charge < -0.3 is 10.3 Å². The van der Waals surface area contributed by atoms with Gasteiger partial charge in [-0.15, -0.1) is 0 Å². The van der Waals surface area contributed by atoms with Gasteiger partial charge in [-0.2, -0.15) is 4.98 Å². The highest BCUT2D eigenvalue weighted by molar-refractivity contribution is 6.31. The first kappa shape index (κ1) is 14.5. The molecular formula is C15H17ClFN3O. The van der Waals surface area contributed by atoms with Gasteiger partial charge in [-0.1, -0.05) is 29.2 Å². The normalized spacial score (nSPS) is 16.7. The van der Waals surface area contributed by atoms with Gasteiger partial charge in [0.25, 0.3) is 0 Å². The smallest absolute Gasteiger partial charge is 0.227 e. The lowest BCUT2D eigenvalue weighted by molar-refractivity contribution is 0.129. The van der Waals surface area contributed by atoms with Crippen molar-refractivity contribution in [1.29, 1.82) is 0 Å².